The monoisotopic (exact) mass is 475 g/mol. The van der Waals surface area contributed by atoms with Crippen LogP contribution in [0.2, 0.25) is 0 Å². The summed E-state index contributed by atoms with van der Waals surface area (Å²) in [6, 6.07) is 15.9. The zero-order valence-corrected chi connectivity index (χ0v) is 20.2. The second kappa shape index (κ2) is 10.7. The average Bonchev–Trinajstić information content (AvgIpc) is 3.69. The summed E-state index contributed by atoms with van der Waals surface area (Å²) in [5.74, 6) is 0.0841. The molecule has 0 spiro atoms. The van der Waals surface area contributed by atoms with E-state index in [2.05, 4.69) is 16.0 Å². The quantitative estimate of drug-likeness (QED) is 0.360. The van der Waals surface area contributed by atoms with Crippen LogP contribution in [0.15, 0.2) is 54.7 Å². The third-order valence-corrected chi connectivity index (χ3v) is 6.80. The van der Waals surface area contributed by atoms with E-state index in [4.69, 9.17) is 9.47 Å². The molecular formula is C28H33N3O4. The van der Waals surface area contributed by atoms with Gasteiger partial charge in [0, 0.05) is 74.2 Å². The number of hydrogen-bond donors (Lipinski definition) is 1. The summed E-state index contributed by atoms with van der Waals surface area (Å²) in [6.45, 7) is 3.87. The summed E-state index contributed by atoms with van der Waals surface area (Å²) in [5, 5.41) is 4.19. The predicted molar refractivity (Wildman–Crippen MR) is 134 cm³/mol. The fourth-order valence-corrected chi connectivity index (χ4v) is 4.80. The van der Waals surface area contributed by atoms with E-state index in [9.17, 15) is 9.59 Å². The minimum Gasteiger partial charge on any atom is -0.385 e. The highest BCUT2D eigenvalue weighted by Crippen LogP contribution is 2.31. The fraction of sp³-hybridized carbons (Fsp3) is 0.429. The van der Waals surface area contributed by atoms with Gasteiger partial charge in [-0.25, -0.2) is 0 Å². The van der Waals surface area contributed by atoms with Crippen molar-refractivity contribution < 1.29 is 19.1 Å². The molecular weight excluding hydrogens is 442 g/mol. The molecule has 1 N–H and O–H groups in total. The molecule has 2 fully saturated rings. The first-order valence-corrected chi connectivity index (χ1v) is 12.5. The van der Waals surface area contributed by atoms with Crippen LogP contribution < -0.4 is 5.32 Å². The number of rotatable bonds is 10. The van der Waals surface area contributed by atoms with E-state index in [-0.39, 0.29) is 17.7 Å². The molecule has 1 atom stereocenters. The maximum Gasteiger partial charge on any atom is 0.253 e. The summed E-state index contributed by atoms with van der Waals surface area (Å²) in [6.07, 6.45) is 4.47. The average molecular weight is 476 g/mol. The van der Waals surface area contributed by atoms with Crippen molar-refractivity contribution in [2.75, 3.05) is 33.4 Å². The van der Waals surface area contributed by atoms with Crippen LogP contribution >= 0.6 is 0 Å². The number of nitrogens with zero attached hydrogens (tertiary/aromatic N) is 2. The van der Waals surface area contributed by atoms with E-state index in [0.717, 1.165) is 48.8 Å². The molecule has 1 aliphatic heterocycles. The van der Waals surface area contributed by atoms with Gasteiger partial charge >= 0.3 is 0 Å². The summed E-state index contributed by atoms with van der Waals surface area (Å²) in [4.78, 5) is 28.5. The molecule has 5 rings (SSSR count). The molecule has 7 nitrogen and oxygen atoms in total. The van der Waals surface area contributed by atoms with Crippen LogP contribution in [-0.2, 0) is 27.4 Å². The lowest BCUT2D eigenvalue weighted by atomic mass is 10.0. The van der Waals surface area contributed by atoms with Gasteiger partial charge < -0.3 is 24.3 Å². The Balaban J connectivity index is 1.44. The Morgan fingerprint density at radius 3 is 2.71 bits per heavy atom. The number of nitrogens with one attached hydrogen (secondary N) is 1. The van der Waals surface area contributed by atoms with Gasteiger partial charge in [0.1, 0.15) is 6.10 Å². The van der Waals surface area contributed by atoms with Crippen molar-refractivity contribution in [2.45, 2.75) is 44.5 Å². The molecule has 2 heterocycles. The highest BCUT2D eigenvalue weighted by atomic mass is 16.5. The number of fused-ring (bicyclic) bond motifs is 1. The lowest BCUT2D eigenvalue weighted by Crippen LogP contribution is -2.49. The first kappa shape index (κ1) is 23.7. The molecule has 2 aromatic carbocycles. The molecule has 0 unspecified atom stereocenters. The normalized spacial score (nSPS) is 18.0. The molecule has 35 heavy (non-hydrogen) atoms. The Morgan fingerprint density at radius 1 is 1.17 bits per heavy atom. The summed E-state index contributed by atoms with van der Waals surface area (Å²) in [5.41, 5.74) is 3.45. The van der Waals surface area contributed by atoms with Gasteiger partial charge in [-0.2, -0.15) is 0 Å². The number of ether oxygens (including phenoxy) is 2. The third kappa shape index (κ3) is 5.32. The third-order valence-electron chi connectivity index (χ3n) is 6.80. The maximum absolute atomic E-state index is 13.3. The van der Waals surface area contributed by atoms with Crippen LogP contribution in [0.4, 0.5) is 0 Å². The number of aryl methyl sites for hydroxylation is 1. The molecule has 1 amide bonds. The van der Waals surface area contributed by atoms with Crippen LogP contribution in [0.3, 0.4) is 0 Å². The number of morpholine rings is 1. The minimum atomic E-state index is -0.416. The van der Waals surface area contributed by atoms with Crippen LogP contribution in [-0.4, -0.2) is 66.7 Å². The van der Waals surface area contributed by atoms with Gasteiger partial charge in [-0.15, -0.1) is 0 Å². The van der Waals surface area contributed by atoms with E-state index in [1.54, 1.807) is 7.11 Å². The number of methoxy groups -OCH3 is 1. The first-order chi connectivity index (χ1) is 17.2. The van der Waals surface area contributed by atoms with Gasteiger partial charge in [0.25, 0.3) is 5.91 Å². The van der Waals surface area contributed by atoms with Crippen molar-refractivity contribution in [3.63, 3.8) is 0 Å². The SMILES string of the molecule is COCCCn1cc(C(=O)c2ccccc2)c2ccc(CN(C(=O)[C@H]3CNCCO3)C3CC3)cc21. The van der Waals surface area contributed by atoms with Crippen molar-refractivity contribution >= 4 is 22.6 Å². The van der Waals surface area contributed by atoms with E-state index >= 15 is 0 Å². The molecule has 184 valence electrons. The highest BCUT2D eigenvalue weighted by Gasteiger charge is 2.37. The van der Waals surface area contributed by atoms with Gasteiger partial charge in [-0.3, -0.25) is 9.59 Å². The smallest absolute Gasteiger partial charge is 0.253 e. The topological polar surface area (TPSA) is 72.8 Å². The molecule has 1 aromatic heterocycles. The van der Waals surface area contributed by atoms with E-state index in [1.807, 2.05) is 53.6 Å². The van der Waals surface area contributed by atoms with E-state index in [1.165, 1.54) is 0 Å². The van der Waals surface area contributed by atoms with Crippen molar-refractivity contribution in [3.8, 4) is 0 Å². The second-order valence-electron chi connectivity index (χ2n) is 9.39. The van der Waals surface area contributed by atoms with Crippen molar-refractivity contribution in [2.24, 2.45) is 0 Å². The van der Waals surface area contributed by atoms with E-state index < -0.39 is 6.10 Å². The van der Waals surface area contributed by atoms with Gasteiger partial charge in [-0.05, 0) is 30.9 Å². The Morgan fingerprint density at radius 2 is 2.00 bits per heavy atom. The number of carbonyl (C=O) groups is 2. The summed E-state index contributed by atoms with van der Waals surface area (Å²) < 4.78 is 13.1. The summed E-state index contributed by atoms with van der Waals surface area (Å²) in [7, 11) is 1.70. The summed E-state index contributed by atoms with van der Waals surface area (Å²) >= 11 is 0. The van der Waals surface area contributed by atoms with Gasteiger partial charge in [-0.1, -0.05) is 42.5 Å². The zero-order valence-electron chi connectivity index (χ0n) is 20.2. The number of aromatic nitrogens is 1. The molecule has 1 saturated heterocycles. The lowest BCUT2D eigenvalue weighted by molar-refractivity contribution is -0.146. The molecule has 1 saturated carbocycles. The van der Waals surface area contributed by atoms with Crippen LogP contribution in [0, 0.1) is 0 Å². The second-order valence-corrected chi connectivity index (χ2v) is 9.39. The number of hydrogen-bond acceptors (Lipinski definition) is 5. The largest absolute Gasteiger partial charge is 0.385 e. The molecule has 7 heteroatoms. The Kier molecular flexibility index (Phi) is 7.27. The molecule has 1 aliphatic carbocycles. The minimum absolute atomic E-state index is 0.0190. The zero-order chi connectivity index (χ0) is 24.2. The van der Waals surface area contributed by atoms with Crippen molar-refractivity contribution in [1.29, 1.82) is 0 Å². The predicted octanol–water partition coefficient (Wildman–Crippen LogP) is 3.39. The molecule has 3 aromatic rings. The van der Waals surface area contributed by atoms with Gasteiger partial charge in [0.2, 0.25) is 0 Å². The van der Waals surface area contributed by atoms with Crippen LogP contribution in [0.5, 0.6) is 0 Å². The lowest BCUT2D eigenvalue weighted by Gasteiger charge is -2.30. The molecule has 0 bridgehead atoms. The van der Waals surface area contributed by atoms with Gasteiger partial charge in [0.15, 0.2) is 5.78 Å². The van der Waals surface area contributed by atoms with Crippen LogP contribution in [0.1, 0.15) is 40.7 Å². The fourth-order valence-electron chi connectivity index (χ4n) is 4.80. The van der Waals surface area contributed by atoms with Gasteiger partial charge in [0.05, 0.1) is 6.61 Å². The van der Waals surface area contributed by atoms with Crippen molar-refractivity contribution in [1.82, 2.24) is 14.8 Å². The van der Waals surface area contributed by atoms with Crippen LogP contribution in [0.25, 0.3) is 10.9 Å². The number of carbonyl (C=O) groups excluding carboxylic acids is 2. The molecule has 2 aliphatic rings. The number of amides is 1. The number of benzene rings is 2. The maximum atomic E-state index is 13.3. The first-order valence-electron chi connectivity index (χ1n) is 12.5. The highest BCUT2D eigenvalue weighted by molar-refractivity contribution is 6.16. The Bertz CT molecular complexity index is 1180. The van der Waals surface area contributed by atoms with Crippen molar-refractivity contribution in [3.05, 3.63) is 71.4 Å². The van der Waals surface area contributed by atoms with E-state index in [0.29, 0.717) is 37.4 Å². The Hall–Kier alpha value is -3.00. The number of ketones is 1. The standard InChI is InChI=1S/C28H33N3O4/c1-34-14-5-13-30-19-24(27(32)21-6-3-2-4-7-21)23-11-8-20(16-25(23)30)18-31(22-9-10-22)28(33)26-17-29-12-15-35-26/h2-4,6-8,11,16,19,22,26,29H,5,9-10,12-15,17-18H2,1H3/t26-/m1/s1. The Labute approximate surface area is 206 Å². The molecule has 0 radical (unpaired) electrons.